The van der Waals surface area contributed by atoms with Crippen LogP contribution >= 0.6 is 0 Å². The molecule has 0 spiro atoms. The van der Waals surface area contributed by atoms with Crippen LogP contribution in [0.15, 0.2) is 30.3 Å². The number of benzene rings is 1. The van der Waals surface area contributed by atoms with Crippen LogP contribution in [0.1, 0.15) is 59.4 Å². The van der Waals surface area contributed by atoms with Gasteiger partial charge in [-0.05, 0) is 11.5 Å². The average Bonchev–Trinajstić information content (AvgIpc) is 3.36. The zero-order valence-corrected chi connectivity index (χ0v) is 25.4. The number of aliphatic carboxylic acids is 1. The van der Waals surface area contributed by atoms with Crippen molar-refractivity contribution in [1.29, 1.82) is 0 Å². The Balaban J connectivity index is 2.39. The van der Waals surface area contributed by atoms with E-state index < -0.39 is 66.5 Å². The highest BCUT2D eigenvalue weighted by atomic mass is 16.6. The molecular formula is C30H44N4O9. The fraction of sp³-hybridized carbons (Fsp3) is 0.600. The van der Waals surface area contributed by atoms with Crippen LogP contribution in [0.3, 0.4) is 0 Å². The summed E-state index contributed by atoms with van der Waals surface area (Å²) in [4.78, 5) is 76.9. The van der Waals surface area contributed by atoms with Gasteiger partial charge in [0.15, 0.2) is 0 Å². The molecule has 1 aliphatic heterocycles. The Morgan fingerprint density at radius 3 is 2.30 bits per heavy atom. The van der Waals surface area contributed by atoms with E-state index in [0.717, 1.165) is 0 Å². The summed E-state index contributed by atoms with van der Waals surface area (Å²) >= 11 is 0. The lowest BCUT2D eigenvalue weighted by Gasteiger charge is -2.36. The average molecular weight is 605 g/mol. The van der Waals surface area contributed by atoms with Crippen LogP contribution in [-0.4, -0.2) is 89.1 Å². The molecule has 1 aromatic rings. The van der Waals surface area contributed by atoms with Gasteiger partial charge in [-0.2, -0.15) is 0 Å². The van der Waals surface area contributed by atoms with Crippen molar-refractivity contribution in [2.75, 3.05) is 13.1 Å². The Morgan fingerprint density at radius 1 is 1.09 bits per heavy atom. The highest BCUT2D eigenvalue weighted by molar-refractivity contribution is 5.89. The first-order valence-electron chi connectivity index (χ1n) is 14.5. The summed E-state index contributed by atoms with van der Waals surface area (Å²) in [6.07, 6.45) is -2.27. The van der Waals surface area contributed by atoms with Crippen molar-refractivity contribution in [3.05, 3.63) is 35.9 Å². The van der Waals surface area contributed by atoms with E-state index in [2.05, 4.69) is 10.6 Å². The monoisotopic (exact) mass is 604 g/mol. The molecule has 0 radical (unpaired) electrons. The first-order valence-corrected chi connectivity index (χ1v) is 14.5. The summed E-state index contributed by atoms with van der Waals surface area (Å²) in [6, 6.07) is 5.48. The minimum atomic E-state index is -1.43. The summed E-state index contributed by atoms with van der Waals surface area (Å²) in [5.41, 5.74) is 6.90. The summed E-state index contributed by atoms with van der Waals surface area (Å²) in [5.74, 6) is -4.94. The van der Waals surface area contributed by atoms with Crippen LogP contribution in [-0.2, 0) is 44.7 Å². The number of nitrogens with two attached hydrogens (primary N) is 1. The number of ether oxygens (including phenoxy) is 2. The van der Waals surface area contributed by atoms with Crippen molar-refractivity contribution in [1.82, 2.24) is 15.5 Å². The van der Waals surface area contributed by atoms with Crippen molar-refractivity contribution in [3.8, 4) is 0 Å². The molecule has 5 N–H and O–H groups in total. The second kappa shape index (κ2) is 16.6. The molecule has 1 aliphatic rings. The predicted octanol–water partition coefficient (Wildman–Crippen LogP) is 0.779. The number of amides is 3. The number of carbonyl (C=O) groups excluding carboxylic acids is 5. The third-order valence-electron chi connectivity index (χ3n) is 7.41. The quantitative estimate of drug-likeness (QED) is 0.208. The van der Waals surface area contributed by atoms with E-state index in [1.807, 2.05) is 13.8 Å². The molecule has 2 rings (SSSR count). The van der Waals surface area contributed by atoms with E-state index in [0.29, 0.717) is 12.0 Å². The number of nitrogens with one attached hydrogen (secondary N) is 2. The molecule has 0 saturated carbocycles. The Morgan fingerprint density at radius 2 is 1.74 bits per heavy atom. The van der Waals surface area contributed by atoms with E-state index in [1.54, 1.807) is 44.2 Å². The molecule has 6 unspecified atom stereocenters. The van der Waals surface area contributed by atoms with E-state index in [1.165, 1.54) is 11.8 Å². The van der Waals surface area contributed by atoms with Crippen LogP contribution < -0.4 is 16.4 Å². The predicted molar refractivity (Wildman–Crippen MR) is 155 cm³/mol. The first kappa shape index (κ1) is 35.2. The zero-order chi connectivity index (χ0) is 32.3. The number of carboxylic acids is 1. The van der Waals surface area contributed by atoms with Gasteiger partial charge in [0.1, 0.15) is 24.3 Å². The number of hydrogen-bond donors (Lipinski definition) is 4. The van der Waals surface area contributed by atoms with Gasteiger partial charge in [-0.1, -0.05) is 64.4 Å². The lowest BCUT2D eigenvalue weighted by Crippen LogP contribution is -2.56. The van der Waals surface area contributed by atoms with Gasteiger partial charge in [0.25, 0.3) is 0 Å². The maximum Gasteiger partial charge on any atom is 0.329 e. The Hall–Kier alpha value is -4.00. The topological polar surface area (TPSA) is 194 Å². The molecule has 238 valence electrons. The van der Waals surface area contributed by atoms with Crippen molar-refractivity contribution in [2.45, 2.75) is 90.6 Å². The molecule has 13 heteroatoms. The smallest absolute Gasteiger partial charge is 0.329 e. The Kier molecular flexibility index (Phi) is 13.6. The first-order chi connectivity index (χ1) is 20.2. The van der Waals surface area contributed by atoms with Crippen molar-refractivity contribution in [2.24, 2.45) is 17.6 Å². The number of esters is 2. The summed E-state index contributed by atoms with van der Waals surface area (Å²) < 4.78 is 11.2. The summed E-state index contributed by atoms with van der Waals surface area (Å²) in [5, 5.41) is 14.8. The molecule has 0 aliphatic carbocycles. The second-order valence-electron chi connectivity index (χ2n) is 11.1. The van der Waals surface area contributed by atoms with Gasteiger partial charge >= 0.3 is 17.9 Å². The van der Waals surface area contributed by atoms with E-state index in [-0.39, 0.29) is 43.7 Å². The van der Waals surface area contributed by atoms with Crippen molar-refractivity contribution in [3.63, 3.8) is 0 Å². The minimum Gasteiger partial charge on any atom is -0.481 e. The van der Waals surface area contributed by atoms with Gasteiger partial charge < -0.3 is 35.8 Å². The van der Waals surface area contributed by atoms with Gasteiger partial charge in [0, 0.05) is 32.2 Å². The number of rotatable bonds is 15. The van der Waals surface area contributed by atoms with Crippen molar-refractivity contribution < 1.29 is 43.3 Å². The normalized spacial score (nSPS) is 19.1. The van der Waals surface area contributed by atoms with E-state index in [9.17, 15) is 33.9 Å². The fourth-order valence-corrected chi connectivity index (χ4v) is 4.81. The molecule has 1 heterocycles. The maximum absolute atomic E-state index is 13.6. The lowest BCUT2D eigenvalue weighted by atomic mass is 9.97. The van der Waals surface area contributed by atoms with Gasteiger partial charge in [-0.15, -0.1) is 0 Å². The van der Waals surface area contributed by atoms with Gasteiger partial charge in [-0.25, -0.2) is 4.79 Å². The highest BCUT2D eigenvalue weighted by Crippen LogP contribution is 2.29. The van der Waals surface area contributed by atoms with Crippen LogP contribution in [0.2, 0.25) is 0 Å². The molecule has 43 heavy (non-hydrogen) atoms. The van der Waals surface area contributed by atoms with Gasteiger partial charge in [-0.3, -0.25) is 24.0 Å². The number of carbonyl (C=O) groups is 6. The minimum absolute atomic E-state index is 0.00288. The molecule has 13 nitrogen and oxygen atoms in total. The molecule has 3 amide bonds. The number of nitrogens with zero attached hydrogens (tertiary/aromatic N) is 1. The Labute approximate surface area is 251 Å². The standard InChI is InChI=1S/C30H44N4O9/c1-6-18(4)26(31)29(40)34-13-12-22(42-19(5)35)27(34)23(15-25(37)38)43-30(41)21(14-20-10-8-7-9-11-20)33-24(36)16-32-28(39)17(2)3/h7-11,17-18,21-23,26-27H,6,12-16,31H2,1-5H3,(H,32,39)(H,33,36)(H,37,38). The third kappa shape index (κ3) is 10.7. The van der Waals surface area contributed by atoms with Crippen LogP contribution in [0.4, 0.5) is 0 Å². The molecule has 0 bridgehead atoms. The lowest BCUT2D eigenvalue weighted by molar-refractivity contribution is -0.167. The van der Waals surface area contributed by atoms with Gasteiger partial charge in [0.05, 0.1) is 19.0 Å². The largest absolute Gasteiger partial charge is 0.481 e. The maximum atomic E-state index is 13.6. The van der Waals surface area contributed by atoms with Crippen LogP contribution in [0.25, 0.3) is 0 Å². The van der Waals surface area contributed by atoms with E-state index in [4.69, 9.17) is 15.2 Å². The number of likely N-dealkylation sites (tertiary alicyclic amines) is 1. The third-order valence-corrected chi connectivity index (χ3v) is 7.41. The molecule has 1 fully saturated rings. The second-order valence-corrected chi connectivity index (χ2v) is 11.1. The van der Waals surface area contributed by atoms with E-state index >= 15 is 0 Å². The molecule has 1 saturated heterocycles. The molecule has 6 atom stereocenters. The van der Waals surface area contributed by atoms with Crippen LogP contribution in [0, 0.1) is 11.8 Å². The van der Waals surface area contributed by atoms with Crippen LogP contribution in [0.5, 0.6) is 0 Å². The van der Waals surface area contributed by atoms with Gasteiger partial charge in [0.2, 0.25) is 17.7 Å². The highest BCUT2D eigenvalue weighted by Gasteiger charge is 2.48. The Bertz CT molecular complexity index is 1140. The molecular weight excluding hydrogens is 560 g/mol. The number of carboxylic acid groups (broad SMARTS) is 1. The fourth-order valence-electron chi connectivity index (χ4n) is 4.81. The summed E-state index contributed by atoms with van der Waals surface area (Å²) in [7, 11) is 0. The zero-order valence-electron chi connectivity index (χ0n) is 25.4. The molecule has 1 aromatic carbocycles. The summed E-state index contributed by atoms with van der Waals surface area (Å²) in [6.45, 7) is 7.94. The number of hydrogen-bond acceptors (Lipinski definition) is 9. The van der Waals surface area contributed by atoms with Crippen molar-refractivity contribution >= 4 is 35.6 Å². The SMILES string of the molecule is CCC(C)C(N)C(=O)N1CCC(OC(C)=O)C1C(CC(=O)O)OC(=O)C(Cc1ccccc1)NC(=O)CNC(=O)C(C)C. The molecule has 0 aromatic heterocycles.